The van der Waals surface area contributed by atoms with Gasteiger partial charge in [0.2, 0.25) is 0 Å². The maximum atomic E-state index is 2.60. The predicted octanol–water partition coefficient (Wildman–Crippen LogP) is 17.5. The van der Waals surface area contributed by atoms with Crippen molar-refractivity contribution in [2.24, 2.45) is 0 Å². The summed E-state index contributed by atoms with van der Waals surface area (Å²) in [5, 5.41) is 7.49. The van der Waals surface area contributed by atoms with E-state index in [2.05, 4.69) is 254 Å². The van der Waals surface area contributed by atoms with E-state index in [4.69, 9.17) is 0 Å². The lowest BCUT2D eigenvalue weighted by Gasteiger charge is -2.35. The van der Waals surface area contributed by atoms with E-state index < -0.39 is 5.41 Å². The summed E-state index contributed by atoms with van der Waals surface area (Å²) in [6.07, 6.45) is 0. The van der Waals surface area contributed by atoms with Gasteiger partial charge in [-0.25, -0.2) is 0 Å². The first-order chi connectivity index (χ1) is 32.3. The van der Waals surface area contributed by atoms with E-state index in [1.807, 2.05) is 11.3 Å². The van der Waals surface area contributed by atoms with Crippen LogP contribution in [0.2, 0.25) is 0 Å². The molecule has 1 aliphatic carbocycles. The maximum Gasteiger partial charge on any atom is 0.0714 e. The first-order valence-corrected chi connectivity index (χ1v) is 23.2. The van der Waals surface area contributed by atoms with Crippen molar-refractivity contribution in [3.63, 3.8) is 0 Å². The fourth-order valence-corrected chi connectivity index (χ4v) is 12.3. The normalized spacial score (nSPS) is 12.7. The molecule has 0 N–H and O–H groups in total. The number of nitrogens with zero attached hydrogens (tertiary/aromatic N) is 1. The molecule has 0 radical (unpaired) electrons. The third-order valence-electron chi connectivity index (χ3n) is 13.7. The fraction of sp³-hybridized carbons (Fsp3) is 0.0159. The number of hydrogen-bond donors (Lipinski definition) is 0. The summed E-state index contributed by atoms with van der Waals surface area (Å²) >= 11 is 1.88. The van der Waals surface area contributed by atoms with Crippen molar-refractivity contribution in [2.75, 3.05) is 4.90 Å². The van der Waals surface area contributed by atoms with Crippen molar-refractivity contribution in [3.8, 4) is 33.4 Å². The molecule has 0 fully saturated rings. The number of rotatable bonds is 7. The summed E-state index contributed by atoms with van der Waals surface area (Å²) in [6.45, 7) is 0. The molecule has 0 bridgehead atoms. The molecule has 1 aliphatic rings. The molecule has 0 spiro atoms. The first-order valence-electron chi connectivity index (χ1n) is 22.4. The van der Waals surface area contributed by atoms with E-state index in [1.54, 1.807) is 0 Å². The molecule has 1 heterocycles. The molecule has 0 aliphatic heterocycles. The van der Waals surface area contributed by atoms with Crippen LogP contribution in [0.5, 0.6) is 0 Å². The summed E-state index contributed by atoms with van der Waals surface area (Å²) in [6, 6.07) is 92.3. The Bertz CT molecular complexity index is 3730. The van der Waals surface area contributed by atoms with Gasteiger partial charge in [0.25, 0.3) is 0 Å². The van der Waals surface area contributed by atoms with Gasteiger partial charge in [-0.3, -0.25) is 0 Å². The average molecular weight is 844 g/mol. The Hall–Kier alpha value is -8.04. The van der Waals surface area contributed by atoms with Gasteiger partial charge >= 0.3 is 0 Å². The molecule has 0 saturated carbocycles. The largest absolute Gasteiger partial charge is 0.309 e. The summed E-state index contributed by atoms with van der Waals surface area (Å²) in [5.74, 6) is 0. The van der Waals surface area contributed by atoms with Crippen LogP contribution < -0.4 is 4.90 Å². The SMILES string of the molecule is c1ccc(-c2c(N(c3cccc(-c4cccc5c4sc4ccccc45)c3)c3cccc4c3-c3ccccc3C4(c3ccccc3)c3ccccc3)c3ccccc3c3ccccc23)cc1. The Balaban J connectivity index is 1.18. The number of thiophene rings is 1. The molecule has 0 atom stereocenters. The van der Waals surface area contributed by atoms with E-state index in [0.717, 1.165) is 17.1 Å². The van der Waals surface area contributed by atoms with Crippen LogP contribution in [0, 0.1) is 0 Å². The second-order valence-electron chi connectivity index (χ2n) is 17.1. The van der Waals surface area contributed by atoms with Gasteiger partial charge in [0.05, 0.1) is 16.8 Å². The fourth-order valence-electron chi connectivity index (χ4n) is 11.1. The van der Waals surface area contributed by atoms with Gasteiger partial charge in [-0.15, -0.1) is 11.3 Å². The lowest BCUT2D eigenvalue weighted by Crippen LogP contribution is -2.28. The van der Waals surface area contributed by atoms with Crippen LogP contribution in [0.4, 0.5) is 17.1 Å². The summed E-state index contributed by atoms with van der Waals surface area (Å²) < 4.78 is 2.62. The molecule has 2 heteroatoms. The van der Waals surface area contributed by atoms with E-state index in [9.17, 15) is 0 Å². The van der Waals surface area contributed by atoms with E-state index in [-0.39, 0.29) is 0 Å². The third kappa shape index (κ3) is 5.64. The molecule has 0 saturated heterocycles. The quantitative estimate of drug-likeness (QED) is 0.145. The number of anilines is 3. The van der Waals surface area contributed by atoms with E-state index in [1.165, 1.54) is 97.4 Å². The molecule has 13 rings (SSSR count). The van der Waals surface area contributed by atoms with Crippen molar-refractivity contribution >= 4 is 70.1 Å². The maximum absolute atomic E-state index is 2.60. The molecule has 1 aromatic heterocycles. The first kappa shape index (κ1) is 37.5. The van der Waals surface area contributed by atoms with Crippen LogP contribution in [-0.2, 0) is 5.41 Å². The van der Waals surface area contributed by atoms with Crippen molar-refractivity contribution in [3.05, 3.63) is 271 Å². The summed E-state index contributed by atoms with van der Waals surface area (Å²) in [4.78, 5) is 2.60. The van der Waals surface area contributed by atoms with E-state index in [0.29, 0.717) is 0 Å². The molecule has 1 nitrogen and oxygen atoms in total. The lowest BCUT2D eigenvalue weighted by atomic mass is 9.68. The number of benzene rings is 11. The molecular weight excluding hydrogens is 803 g/mol. The Morgan fingerprint density at radius 2 is 0.862 bits per heavy atom. The second kappa shape index (κ2) is 15.1. The van der Waals surface area contributed by atoms with Crippen LogP contribution in [-0.4, -0.2) is 0 Å². The van der Waals surface area contributed by atoms with Gasteiger partial charge in [0.15, 0.2) is 0 Å². The smallest absolute Gasteiger partial charge is 0.0714 e. The highest BCUT2D eigenvalue weighted by Crippen LogP contribution is 2.61. The van der Waals surface area contributed by atoms with Crippen molar-refractivity contribution in [1.82, 2.24) is 0 Å². The van der Waals surface area contributed by atoms with Gasteiger partial charge in [-0.1, -0.05) is 224 Å². The van der Waals surface area contributed by atoms with Crippen LogP contribution in [0.3, 0.4) is 0 Å². The van der Waals surface area contributed by atoms with Gasteiger partial charge in [0, 0.05) is 42.4 Å². The molecule has 12 aromatic rings. The van der Waals surface area contributed by atoms with Crippen LogP contribution >= 0.6 is 11.3 Å². The lowest BCUT2D eigenvalue weighted by molar-refractivity contribution is 0.768. The van der Waals surface area contributed by atoms with Crippen molar-refractivity contribution < 1.29 is 0 Å². The highest BCUT2D eigenvalue weighted by atomic mass is 32.1. The Kier molecular flexibility index (Phi) is 8.69. The molecule has 304 valence electrons. The highest BCUT2D eigenvalue weighted by Gasteiger charge is 2.47. The zero-order chi connectivity index (χ0) is 42.9. The predicted molar refractivity (Wildman–Crippen MR) is 277 cm³/mol. The van der Waals surface area contributed by atoms with Gasteiger partial charge in [0.1, 0.15) is 0 Å². The summed E-state index contributed by atoms with van der Waals surface area (Å²) in [5.41, 5.74) is 15.2. The molecule has 11 aromatic carbocycles. The average Bonchev–Trinajstić information content (AvgIpc) is 3.92. The molecule has 65 heavy (non-hydrogen) atoms. The summed E-state index contributed by atoms with van der Waals surface area (Å²) in [7, 11) is 0. The molecular formula is C63H41NS. The zero-order valence-corrected chi connectivity index (χ0v) is 36.3. The van der Waals surface area contributed by atoms with Gasteiger partial charge in [-0.2, -0.15) is 0 Å². The Morgan fingerprint density at radius 3 is 1.62 bits per heavy atom. The topological polar surface area (TPSA) is 3.24 Å². The van der Waals surface area contributed by atoms with Crippen LogP contribution in [0.25, 0.3) is 75.1 Å². The van der Waals surface area contributed by atoms with Crippen LogP contribution in [0.15, 0.2) is 249 Å². The Labute approximate surface area is 382 Å². The zero-order valence-electron chi connectivity index (χ0n) is 35.5. The highest BCUT2D eigenvalue weighted by molar-refractivity contribution is 7.26. The van der Waals surface area contributed by atoms with Crippen LogP contribution in [0.1, 0.15) is 22.3 Å². The van der Waals surface area contributed by atoms with Crippen molar-refractivity contribution in [2.45, 2.75) is 5.41 Å². The minimum atomic E-state index is -0.553. The number of fused-ring (bicyclic) bond motifs is 9. The van der Waals surface area contributed by atoms with Gasteiger partial charge in [-0.05, 0) is 84.9 Å². The minimum absolute atomic E-state index is 0.553. The second-order valence-corrected chi connectivity index (χ2v) is 18.1. The monoisotopic (exact) mass is 843 g/mol. The standard InChI is InChI=1S/C63H41NS/c1-4-21-42(22-5-1)59-51-32-12-10-29-48(51)49-30-11-13-33-52(49)61(59)64(46-28-18-23-43(41-46)47-35-19-36-53-50-31-15-17-40-58(50)65-62(47)53)57-39-20-38-56-60(57)54-34-14-16-37-55(54)63(56,44-24-6-2-7-25-44)45-26-8-3-9-27-45/h1-41H. The van der Waals surface area contributed by atoms with Gasteiger partial charge < -0.3 is 4.90 Å². The van der Waals surface area contributed by atoms with E-state index >= 15 is 0 Å². The van der Waals surface area contributed by atoms with Crippen molar-refractivity contribution in [1.29, 1.82) is 0 Å². The third-order valence-corrected chi connectivity index (χ3v) is 14.9. The molecule has 0 unspecified atom stereocenters. The molecule has 0 amide bonds. The Morgan fingerprint density at radius 1 is 0.338 bits per heavy atom. The minimum Gasteiger partial charge on any atom is -0.309 e. The number of hydrogen-bond acceptors (Lipinski definition) is 2.